The molecule has 0 atom stereocenters. The third-order valence-electron chi connectivity index (χ3n) is 3.11. The minimum atomic E-state index is 0.607. The molecule has 2 rings (SSSR count). The van der Waals surface area contributed by atoms with Crippen molar-refractivity contribution in [3.63, 3.8) is 0 Å². The maximum absolute atomic E-state index is 6.00. The highest BCUT2D eigenvalue weighted by molar-refractivity contribution is 6.30. The van der Waals surface area contributed by atoms with Gasteiger partial charge in [-0.2, -0.15) is 0 Å². The Kier molecular flexibility index (Phi) is 5.34. The lowest BCUT2D eigenvalue weighted by molar-refractivity contribution is 0.246. The summed E-state index contributed by atoms with van der Waals surface area (Å²) < 4.78 is 11.4. The fraction of sp³-hybridized carbons (Fsp3) is 0.294. The summed E-state index contributed by atoms with van der Waals surface area (Å²) in [4.78, 5) is 0. The van der Waals surface area contributed by atoms with Gasteiger partial charge < -0.3 is 15.2 Å². The lowest BCUT2D eigenvalue weighted by Crippen LogP contribution is -2.06. The van der Waals surface area contributed by atoms with E-state index in [1.54, 1.807) is 0 Å². The Hall–Kier alpha value is -1.87. The first-order valence-corrected chi connectivity index (χ1v) is 7.32. The van der Waals surface area contributed by atoms with Crippen LogP contribution in [0, 0.1) is 13.8 Å². The van der Waals surface area contributed by atoms with Crippen LogP contribution in [0.2, 0.25) is 5.02 Å². The molecule has 0 saturated heterocycles. The summed E-state index contributed by atoms with van der Waals surface area (Å²) in [7, 11) is 0. The SMILES string of the molecule is Cc1cc(Cl)cc(C)c1OCCCOc1ccc(N)cc1. The molecule has 21 heavy (non-hydrogen) atoms. The van der Waals surface area contributed by atoms with Gasteiger partial charge in [0, 0.05) is 17.1 Å². The fourth-order valence-electron chi connectivity index (χ4n) is 2.11. The van der Waals surface area contributed by atoms with E-state index < -0.39 is 0 Å². The number of rotatable bonds is 6. The molecule has 0 unspecified atom stereocenters. The summed E-state index contributed by atoms with van der Waals surface area (Å²) in [6, 6.07) is 11.2. The molecule has 0 spiro atoms. The van der Waals surface area contributed by atoms with Gasteiger partial charge in [0.1, 0.15) is 11.5 Å². The molecule has 0 saturated carbocycles. The van der Waals surface area contributed by atoms with E-state index in [1.165, 1.54) is 0 Å². The van der Waals surface area contributed by atoms with Crippen LogP contribution in [0.5, 0.6) is 11.5 Å². The molecule has 0 radical (unpaired) electrons. The quantitative estimate of drug-likeness (QED) is 0.636. The summed E-state index contributed by atoms with van der Waals surface area (Å²) >= 11 is 6.00. The number of anilines is 1. The van der Waals surface area contributed by atoms with Crippen molar-refractivity contribution < 1.29 is 9.47 Å². The second-order valence-corrected chi connectivity index (χ2v) is 5.42. The molecule has 3 nitrogen and oxygen atoms in total. The summed E-state index contributed by atoms with van der Waals surface area (Å²) in [5, 5.41) is 0.740. The van der Waals surface area contributed by atoms with Gasteiger partial charge in [0.15, 0.2) is 0 Å². The first-order chi connectivity index (χ1) is 10.1. The fourth-order valence-corrected chi connectivity index (χ4v) is 2.44. The van der Waals surface area contributed by atoms with E-state index in [0.29, 0.717) is 13.2 Å². The lowest BCUT2D eigenvalue weighted by atomic mass is 10.1. The summed E-state index contributed by atoms with van der Waals surface area (Å²) in [6.45, 7) is 5.21. The zero-order valence-corrected chi connectivity index (χ0v) is 13.1. The van der Waals surface area contributed by atoms with E-state index in [9.17, 15) is 0 Å². The van der Waals surface area contributed by atoms with Crippen molar-refractivity contribution in [2.45, 2.75) is 20.3 Å². The summed E-state index contributed by atoms with van der Waals surface area (Å²) in [5.41, 5.74) is 8.47. The molecule has 0 aliphatic carbocycles. The van der Waals surface area contributed by atoms with Crippen LogP contribution in [-0.2, 0) is 0 Å². The van der Waals surface area contributed by atoms with E-state index in [-0.39, 0.29) is 0 Å². The minimum Gasteiger partial charge on any atom is -0.493 e. The zero-order valence-electron chi connectivity index (χ0n) is 12.4. The number of hydrogen-bond acceptors (Lipinski definition) is 3. The number of nitrogen functional groups attached to an aromatic ring is 1. The molecule has 0 bridgehead atoms. The van der Waals surface area contributed by atoms with Gasteiger partial charge in [-0.25, -0.2) is 0 Å². The Morgan fingerprint density at radius 3 is 2.14 bits per heavy atom. The van der Waals surface area contributed by atoms with Gasteiger partial charge in [0.05, 0.1) is 13.2 Å². The first kappa shape index (κ1) is 15.5. The van der Waals surface area contributed by atoms with Crippen LogP contribution in [0.15, 0.2) is 36.4 Å². The van der Waals surface area contributed by atoms with Gasteiger partial charge in [-0.1, -0.05) is 11.6 Å². The van der Waals surface area contributed by atoms with Gasteiger partial charge in [0.2, 0.25) is 0 Å². The molecule has 0 aliphatic heterocycles. The number of benzene rings is 2. The minimum absolute atomic E-state index is 0.607. The van der Waals surface area contributed by atoms with E-state index in [2.05, 4.69) is 0 Å². The molecule has 0 amide bonds. The van der Waals surface area contributed by atoms with Gasteiger partial charge in [-0.3, -0.25) is 0 Å². The molecular formula is C17H20ClNO2. The van der Waals surface area contributed by atoms with Crippen LogP contribution < -0.4 is 15.2 Å². The second kappa shape index (κ2) is 7.23. The van der Waals surface area contributed by atoms with Gasteiger partial charge in [-0.15, -0.1) is 0 Å². The molecule has 0 aliphatic rings. The third-order valence-corrected chi connectivity index (χ3v) is 3.33. The van der Waals surface area contributed by atoms with Crippen molar-refractivity contribution in [2.75, 3.05) is 18.9 Å². The molecule has 2 aromatic rings. The zero-order chi connectivity index (χ0) is 15.2. The predicted molar refractivity (Wildman–Crippen MR) is 87.4 cm³/mol. The average molecular weight is 306 g/mol. The number of aryl methyl sites for hydroxylation is 2. The Morgan fingerprint density at radius 1 is 0.952 bits per heavy atom. The highest BCUT2D eigenvalue weighted by Crippen LogP contribution is 2.27. The number of halogens is 1. The second-order valence-electron chi connectivity index (χ2n) is 4.99. The largest absolute Gasteiger partial charge is 0.493 e. The predicted octanol–water partition coefficient (Wildman–Crippen LogP) is 4.39. The highest BCUT2D eigenvalue weighted by atomic mass is 35.5. The number of nitrogens with two attached hydrogens (primary N) is 1. The maximum atomic E-state index is 6.00. The van der Waals surface area contributed by atoms with Crippen molar-refractivity contribution in [1.29, 1.82) is 0 Å². The molecule has 0 heterocycles. The number of hydrogen-bond donors (Lipinski definition) is 1. The molecular weight excluding hydrogens is 286 g/mol. The molecule has 112 valence electrons. The Labute approximate surface area is 130 Å². The normalized spacial score (nSPS) is 10.4. The maximum Gasteiger partial charge on any atom is 0.125 e. The highest BCUT2D eigenvalue weighted by Gasteiger charge is 2.05. The van der Waals surface area contributed by atoms with Crippen molar-refractivity contribution >= 4 is 17.3 Å². The molecule has 0 fully saturated rings. The molecule has 0 aromatic heterocycles. The van der Waals surface area contributed by atoms with Crippen molar-refractivity contribution in [2.24, 2.45) is 0 Å². The van der Waals surface area contributed by atoms with Gasteiger partial charge in [-0.05, 0) is 61.4 Å². The summed E-state index contributed by atoms with van der Waals surface area (Å²) in [5.74, 6) is 1.73. The van der Waals surface area contributed by atoms with Crippen LogP contribution in [0.3, 0.4) is 0 Å². The van der Waals surface area contributed by atoms with Crippen LogP contribution >= 0.6 is 11.6 Å². The lowest BCUT2D eigenvalue weighted by Gasteiger charge is -2.13. The van der Waals surface area contributed by atoms with E-state index >= 15 is 0 Å². The standard InChI is InChI=1S/C17H20ClNO2/c1-12-10-14(18)11-13(2)17(12)21-9-3-8-20-16-6-4-15(19)5-7-16/h4-7,10-11H,3,8-9,19H2,1-2H3. The van der Waals surface area contributed by atoms with Gasteiger partial charge in [0.25, 0.3) is 0 Å². The average Bonchev–Trinajstić information content (AvgIpc) is 2.43. The molecule has 2 aromatic carbocycles. The Balaban J connectivity index is 1.76. The van der Waals surface area contributed by atoms with Gasteiger partial charge >= 0.3 is 0 Å². The third kappa shape index (κ3) is 4.57. The van der Waals surface area contributed by atoms with Crippen molar-refractivity contribution in [3.8, 4) is 11.5 Å². The monoisotopic (exact) mass is 305 g/mol. The number of ether oxygens (including phenoxy) is 2. The Bertz CT molecular complexity index is 573. The topological polar surface area (TPSA) is 44.5 Å². The van der Waals surface area contributed by atoms with Crippen LogP contribution in [0.25, 0.3) is 0 Å². The van der Waals surface area contributed by atoms with Crippen LogP contribution in [-0.4, -0.2) is 13.2 Å². The van der Waals surface area contributed by atoms with E-state index in [4.69, 9.17) is 26.8 Å². The van der Waals surface area contributed by atoms with E-state index in [0.717, 1.165) is 39.8 Å². The Morgan fingerprint density at radius 2 is 1.52 bits per heavy atom. The van der Waals surface area contributed by atoms with E-state index in [1.807, 2.05) is 50.2 Å². The smallest absolute Gasteiger partial charge is 0.125 e. The first-order valence-electron chi connectivity index (χ1n) is 6.94. The van der Waals surface area contributed by atoms with Crippen molar-refractivity contribution in [1.82, 2.24) is 0 Å². The summed E-state index contributed by atoms with van der Waals surface area (Å²) in [6.07, 6.45) is 0.811. The molecule has 4 heteroatoms. The molecule has 2 N–H and O–H groups in total. The van der Waals surface area contributed by atoms with Crippen LogP contribution in [0.4, 0.5) is 5.69 Å². The van der Waals surface area contributed by atoms with Crippen LogP contribution in [0.1, 0.15) is 17.5 Å². The van der Waals surface area contributed by atoms with Crippen molar-refractivity contribution in [3.05, 3.63) is 52.5 Å².